The van der Waals surface area contributed by atoms with Gasteiger partial charge in [0.2, 0.25) is 0 Å². The van der Waals surface area contributed by atoms with Gasteiger partial charge in [-0.05, 0) is 32.4 Å². The van der Waals surface area contributed by atoms with Crippen LogP contribution in [0, 0.1) is 6.92 Å². The maximum absolute atomic E-state index is 4.86. The lowest BCUT2D eigenvalue weighted by atomic mass is 9.93. The lowest BCUT2D eigenvalue weighted by Crippen LogP contribution is -2.29. The summed E-state index contributed by atoms with van der Waals surface area (Å²) in [6, 6.07) is 4.70. The van der Waals surface area contributed by atoms with Crippen molar-refractivity contribution in [1.82, 2.24) is 15.3 Å². The lowest BCUT2D eigenvalue weighted by molar-refractivity contribution is 0.518. The van der Waals surface area contributed by atoms with E-state index in [1.54, 1.807) is 11.3 Å². The van der Waals surface area contributed by atoms with E-state index in [4.69, 9.17) is 4.98 Å². The predicted octanol–water partition coefficient (Wildman–Crippen LogP) is 4.23. The quantitative estimate of drug-likeness (QED) is 0.918. The average molecular weight is 303 g/mol. The van der Waals surface area contributed by atoms with E-state index in [1.165, 1.54) is 5.56 Å². The number of nitrogens with one attached hydrogen (secondary N) is 1. The van der Waals surface area contributed by atoms with Gasteiger partial charge in [-0.3, -0.25) is 4.98 Å². The van der Waals surface area contributed by atoms with Gasteiger partial charge in [-0.1, -0.05) is 26.8 Å². The summed E-state index contributed by atoms with van der Waals surface area (Å²) in [4.78, 5) is 9.29. The van der Waals surface area contributed by atoms with Gasteiger partial charge in [0, 0.05) is 28.7 Å². The molecule has 0 aliphatic heterocycles. The van der Waals surface area contributed by atoms with Crippen LogP contribution in [0.25, 0.3) is 0 Å². The Morgan fingerprint density at radius 1 is 1.19 bits per heavy atom. The Hall–Kier alpha value is -1.26. The molecular formula is C17H25N3S. The van der Waals surface area contributed by atoms with Gasteiger partial charge in [0.25, 0.3) is 0 Å². The summed E-state index contributed by atoms with van der Waals surface area (Å²) in [5.74, 6) is 0. The van der Waals surface area contributed by atoms with E-state index in [1.807, 2.05) is 13.1 Å². The van der Waals surface area contributed by atoms with Crippen molar-refractivity contribution in [3.63, 3.8) is 0 Å². The van der Waals surface area contributed by atoms with E-state index in [2.05, 4.69) is 62.4 Å². The number of rotatable bonds is 4. The van der Waals surface area contributed by atoms with Crippen LogP contribution in [0.4, 0.5) is 0 Å². The van der Waals surface area contributed by atoms with Crippen LogP contribution < -0.4 is 5.32 Å². The molecule has 0 saturated heterocycles. The van der Waals surface area contributed by atoms with Crippen molar-refractivity contribution in [3.05, 3.63) is 45.7 Å². The molecule has 0 fully saturated rings. The van der Waals surface area contributed by atoms with Crippen LogP contribution in [-0.2, 0) is 5.41 Å². The largest absolute Gasteiger partial charge is 0.302 e. The Morgan fingerprint density at radius 3 is 2.38 bits per heavy atom. The zero-order valence-electron chi connectivity index (χ0n) is 13.8. The minimum absolute atomic E-state index is 0.0860. The van der Waals surface area contributed by atoms with Crippen molar-refractivity contribution in [2.75, 3.05) is 0 Å². The zero-order chi connectivity index (χ0) is 15.6. The van der Waals surface area contributed by atoms with Crippen molar-refractivity contribution >= 4 is 11.3 Å². The molecule has 114 valence electrons. The summed E-state index contributed by atoms with van der Waals surface area (Å²) in [6.07, 6.45) is 1.95. The maximum Gasteiger partial charge on any atom is 0.114 e. The first-order valence-electron chi connectivity index (χ1n) is 7.42. The van der Waals surface area contributed by atoms with Crippen LogP contribution in [0.3, 0.4) is 0 Å². The van der Waals surface area contributed by atoms with Gasteiger partial charge in [-0.2, -0.15) is 0 Å². The molecule has 2 aromatic rings. The van der Waals surface area contributed by atoms with Crippen LogP contribution in [-0.4, -0.2) is 16.0 Å². The van der Waals surface area contributed by atoms with Gasteiger partial charge in [-0.25, -0.2) is 4.98 Å². The number of hydrogen-bond donors (Lipinski definition) is 1. The highest BCUT2D eigenvalue weighted by Crippen LogP contribution is 2.30. The Labute approximate surface area is 131 Å². The number of aromatic nitrogens is 2. The Morgan fingerprint density at radius 2 is 1.90 bits per heavy atom. The van der Waals surface area contributed by atoms with Gasteiger partial charge in [0.05, 0.1) is 11.7 Å². The first-order chi connectivity index (χ1) is 9.77. The molecule has 0 aliphatic rings. The second-order valence-corrected chi connectivity index (χ2v) is 7.70. The normalized spacial score (nSPS) is 13.7. The molecule has 0 aliphatic carbocycles. The van der Waals surface area contributed by atoms with Crippen LogP contribution in [0.5, 0.6) is 0 Å². The molecule has 2 rings (SSSR count). The maximum atomic E-state index is 4.86. The molecule has 0 bridgehead atoms. The highest BCUT2D eigenvalue weighted by molar-refractivity contribution is 7.09. The van der Waals surface area contributed by atoms with E-state index in [9.17, 15) is 0 Å². The van der Waals surface area contributed by atoms with Gasteiger partial charge in [0.15, 0.2) is 0 Å². The molecule has 0 aromatic carbocycles. The van der Waals surface area contributed by atoms with E-state index in [-0.39, 0.29) is 11.5 Å². The van der Waals surface area contributed by atoms with Crippen molar-refractivity contribution < 1.29 is 0 Å². The smallest absolute Gasteiger partial charge is 0.114 e. The topological polar surface area (TPSA) is 37.8 Å². The molecule has 3 nitrogen and oxygen atoms in total. The van der Waals surface area contributed by atoms with E-state index in [0.717, 1.165) is 16.4 Å². The molecule has 0 saturated carbocycles. The number of thiazole rings is 1. The lowest BCUT2D eigenvalue weighted by Gasteiger charge is -2.20. The predicted molar refractivity (Wildman–Crippen MR) is 89.9 cm³/mol. The van der Waals surface area contributed by atoms with Crippen molar-refractivity contribution in [1.29, 1.82) is 0 Å². The third kappa shape index (κ3) is 4.11. The molecule has 1 atom stereocenters. The fourth-order valence-corrected chi connectivity index (χ4v) is 3.19. The van der Waals surface area contributed by atoms with Crippen LogP contribution in [0.1, 0.15) is 62.6 Å². The van der Waals surface area contributed by atoms with E-state index < -0.39 is 0 Å². The Bertz CT molecular complexity index is 579. The Kier molecular flexibility index (Phi) is 4.79. The Balaban J connectivity index is 2.36. The third-order valence-corrected chi connectivity index (χ3v) is 4.21. The number of nitrogens with zero attached hydrogens (tertiary/aromatic N) is 2. The average Bonchev–Trinajstić information content (AvgIpc) is 2.86. The monoisotopic (exact) mass is 303 g/mol. The highest BCUT2D eigenvalue weighted by Gasteiger charge is 2.23. The van der Waals surface area contributed by atoms with Crippen molar-refractivity contribution in [3.8, 4) is 0 Å². The molecule has 4 heteroatoms. The summed E-state index contributed by atoms with van der Waals surface area (Å²) in [5, 5.41) is 6.89. The second kappa shape index (κ2) is 6.24. The van der Waals surface area contributed by atoms with Gasteiger partial charge in [-0.15, -0.1) is 11.3 Å². The summed E-state index contributed by atoms with van der Waals surface area (Å²) in [5.41, 5.74) is 3.45. The van der Waals surface area contributed by atoms with Gasteiger partial charge >= 0.3 is 0 Å². The van der Waals surface area contributed by atoms with Gasteiger partial charge < -0.3 is 5.32 Å². The molecule has 1 unspecified atom stereocenters. The van der Waals surface area contributed by atoms with Crippen LogP contribution >= 0.6 is 11.3 Å². The molecule has 0 radical (unpaired) electrons. The van der Waals surface area contributed by atoms with Crippen molar-refractivity contribution in [2.45, 2.75) is 59.0 Å². The van der Waals surface area contributed by atoms with Crippen LogP contribution in [0.2, 0.25) is 0 Å². The molecule has 1 N–H and O–H groups in total. The highest BCUT2D eigenvalue weighted by atomic mass is 32.1. The summed E-state index contributed by atoms with van der Waals surface area (Å²) >= 11 is 1.72. The molecular weight excluding hydrogens is 278 g/mol. The SMILES string of the molecule is Cc1ccc(C(NC(C)C)c2nc(C(C)(C)C)cs2)cn1. The molecule has 2 heterocycles. The third-order valence-electron chi connectivity index (χ3n) is 3.30. The summed E-state index contributed by atoms with van der Waals surface area (Å²) < 4.78 is 0. The number of hydrogen-bond acceptors (Lipinski definition) is 4. The first kappa shape index (κ1) is 16.1. The van der Waals surface area contributed by atoms with E-state index >= 15 is 0 Å². The first-order valence-corrected chi connectivity index (χ1v) is 8.30. The number of pyridine rings is 1. The second-order valence-electron chi connectivity index (χ2n) is 6.81. The standard InChI is InChI=1S/C17H25N3S/c1-11(2)19-15(13-8-7-12(3)18-9-13)16-20-14(10-21-16)17(4,5)6/h7-11,15,19H,1-6H3. The zero-order valence-corrected chi connectivity index (χ0v) is 14.6. The van der Waals surface area contributed by atoms with Crippen molar-refractivity contribution in [2.24, 2.45) is 0 Å². The van der Waals surface area contributed by atoms with Gasteiger partial charge in [0.1, 0.15) is 5.01 Å². The molecule has 0 spiro atoms. The fraction of sp³-hybridized carbons (Fsp3) is 0.529. The summed E-state index contributed by atoms with van der Waals surface area (Å²) in [6.45, 7) is 12.9. The molecule has 2 aromatic heterocycles. The van der Waals surface area contributed by atoms with E-state index in [0.29, 0.717) is 6.04 Å². The summed E-state index contributed by atoms with van der Waals surface area (Å²) in [7, 11) is 0. The molecule has 21 heavy (non-hydrogen) atoms. The number of aryl methyl sites for hydroxylation is 1. The van der Waals surface area contributed by atoms with Crippen LogP contribution in [0.15, 0.2) is 23.7 Å². The molecule has 0 amide bonds. The fourth-order valence-electron chi connectivity index (χ4n) is 2.06. The minimum atomic E-state index is 0.0860. The minimum Gasteiger partial charge on any atom is -0.302 e.